The number of carbonyl (C=O) groups is 2. The number of hydrogen-bond donors (Lipinski definition) is 2. The molecule has 0 bridgehead atoms. The van der Waals surface area contributed by atoms with Crippen molar-refractivity contribution in [1.29, 1.82) is 0 Å². The van der Waals surface area contributed by atoms with E-state index in [4.69, 9.17) is 5.11 Å². The van der Waals surface area contributed by atoms with Crippen LogP contribution in [0.1, 0.15) is 13.8 Å². The summed E-state index contributed by atoms with van der Waals surface area (Å²) in [4.78, 5) is 21.8. The highest BCUT2D eigenvalue weighted by Gasteiger charge is 2.57. The van der Waals surface area contributed by atoms with E-state index in [9.17, 15) is 31.5 Å². The van der Waals surface area contributed by atoms with Gasteiger partial charge in [-0.1, -0.05) is 13.8 Å². The molecular formula is C9H12F5NO3. The molecule has 0 saturated carbocycles. The van der Waals surface area contributed by atoms with E-state index in [1.165, 1.54) is 19.2 Å². The lowest BCUT2D eigenvalue weighted by Crippen LogP contribution is -2.49. The molecule has 0 radical (unpaired) electrons. The Balaban J connectivity index is 4.65. The number of aliphatic carboxylic acids is 1. The molecule has 2 N–H and O–H groups in total. The third-order valence-electron chi connectivity index (χ3n) is 2.11. The number of alkyl halides is 5. The fourth-order valence-corrected chi connectivity index (χ4v) is 1.11. The van der Waals surface area contributed by atoms with Crippen LogP contribution in [-0.4, -0.2) is 35.6 Å². The Hall–Kier alpha value is -1.41. The molecule has 106 valence electrons. The third kappa shape index (κ3) is 4.11. The molecule has 1 unspecified atom stereocenters. The lowest BCUT2D eigenvalue weighted by atomic mass is 9.95. The van der Waals surface area contributed by atoms with Crippen LogP contribution in [0.5, 0.6) is 0 Å². The molecule has 18 heavy (non-hydrogen) atoms. The molecule has 0 aromatic heterocycles. The number of amides is 1. The van der Waals surface area contributed by atoms with Crippen LogP contribution in [0.3, 0.4) is 0 Å². The predicted octanol–water partition coefficient (Wildman–Crippen LogP) is 1.66. The van der Waals surface area contributed by atoms with Gasteiger partial charge in [0.1, 0.15) is 5.92 Å². The van der Waals surface area contributed by atoms with Crippen molar-refractivity contribution in [3.05, 3.63) is 0 Å². The van der Waals surface area contributed by atoms with E-state index in [1.807, 2.05) is 0 Å². The summed E-state index contributed by atoms with van der Waals surface area (Å²) >= 11 is 0. The Kier molecular flexibility index (Phi) is 5.06. The topological polar surface area (TPSA) is 66.4 Å². The molecular weight excluding hydrogens is 265 g/mol. The van der Waals surface area contributed by atoms with Crippen LogP contribution in [0, 0.1) is 11.8 Å². The average molecular weight is 277 g/mol. The summed E-state index contributed by atoms with van der Waals surface area (Å²) in [6, 6.07) is 0. The van der Waals surface area contributed by atoms with Crippen LogP contribution >= 0.6 is 0 Å². The van der Waals surface area contributed by atoms with Gasteiger partial charge in [-0.25, -0.2) is 0 Å². The Bertz CT molecular complexity index is 327. The number of hydrogen-bond acceptors (Lipinski definition) is 2. The van der Waals surface area contributed by atoms with Gasteiger partial charge in [-0.05, 0) is 5.92 Å². The van der Waals surface area contributed by atoms with Crippen molar-refractivity contribution in [2.75, 3.05) is 6.54 Å². The van der Waals surface area contributed by atoms with Crippen molar-refractivity contribution in [2.45, 2.75) is 25.9 Å². The summed E-state index contributed by atoms with van der Waals surface area (Å²) in [6.45, 7) is 0.687. The van der Waals surface area contributed by atoms with Gasteiger partial charge in [0, 0.05) is 0 Å². The normalized spacial score (nSPS) is 14.4. The van der Waals surface area contributed by atoms with Crippen molar-refractivity contribution < 1.29 is 36.6 Å². The Morgan fingerprint density at radius 2 is 1.61 bits per heavy atom. The number of nitrogens with one attached hydrogen (secondary N) is 1. The van der Waals surface area contributed by atoms with E-state index in [2.05, 4.69) is 0 Å². The molecule has 0 heterocycles. The number of halogens is 5. The molecule has 0 aliphatic heterocycles. The largest absolute Gasteiger partial charge is 0.481 e. The van der Waals surface area contributed by atoms with E-state index in [-0.39, 0.29) is 0 Å². The van der Waals surface area contributed by atoms with E-state index < -0.39 is 42.4 Å². The van der Waals surface area contributed by atoms with E-state index in [1.54, 1.807) is 0 Å². The summed E-state index contributed by atoms with van der Waals surface area (Å²) < 4.78 is 60.3. The Morgan fingerprint density at radius 3 is 1.89 bits per heavy atom. The van der Waals surface area contributed by atoms with Crippen LogP contribution in [-0.2, 0) is 9.59 Å². The lowest BCUT2D eigenvalue weighted by molar-refractivity contribution is -0.278. The minimum atomic E-state index is -5.79. The van der Waals surface area contributed by atoms with Gasteiger partial charge in [0.25, 0.3) is 0 Å². The van der Waals surface area contributed by atoms with Gasteiger partial charge in [-0.2, -0.15) is 22.0 Å². The molecule has 0 aromatic carbocycles. The second kappa shape index (κ2) is 5.49. The standard InChI is InChI=1S/C9H12F5NO3/c1-4(2)5(7(17)18)6(16)15-3-8(10,11)9(12,13)14/h4-5H,3H2,1-2H3,(H,15,16)(H,17,18). The zero-order valence-corrected chi connectivity index (χ0v) is 9.52. The Morgan fingerprint density at radius 1 is 1.17 bits per heavy atom. The molecule has 1 amide bonds. The van der Waals surface area contributed by atoms with Crippen LogP contribution in [0.2, 0.25) is 0 Å². The maximum absolute atomic E-state index is 12.5. The quantitative estimate of drug-likeness (QED) is 0.593. The van der Waals surface area contributed by atoms with E-state index >= 15 is 0 Å². The first kappa shape index (κ1) is 16.6. The first-order chi connectivity index (χ1) is 7.90. The van der Waals surface area contributed by atoms with Gasteiger partial charge in [-0.3, -0.25) is 9.59 Å². The van der Waals surface area contributed by atoms with Crippen LogP contribution in [0.4, 0.5) is 22.0 Å². The van der Waals surface area contributed by atoms with Gasteiger partial charge >= 0.3 is 18.1 Å². The molecule has 4 nitrogen and oxygen atoms in total. The van der Waals surface area contributed by atoms with Gasteiger partial charge in [0.2, 0.25) is 5.91 Å². The van der Waals surface area contributed by atoms with Crippen LogP contribution < -0.4 is 5.32 Å². The zero-order valence-electron chi connectivity index (χ0n) is 9.52. The highest BCUT2D eigenvalue weighted by atomic mass is 19.4. The SMILES string of the molecule is CC(C)C(C(=O)O)C(=O)NCC(F)(F)C(F)(F)F. The minimum Gasteiger partial charge on any atom is -0.481 e. The Labute approximate surface area is 99.2 Å². The maximum atomic E-state index is 12.5. The highest BCUT2D eigenvalue weighted by Crippen LogP contribution is 2.34. The molecule has 1 atom stereocenters. The average Bonchev–Trinajstić information content (AvgIpc) is 2.11. The van der Waals surface area contributed by atoms with Gasteiger partial charge in [0.05, 0.1) is 6.54 Å². The van der Waals surface area contributed by atoms with Crippen LogP contribution in [0.15, 0.2) is 0 Å². The predicted molar refractivity (Wildman–Crippen MR) is 50.0 cm³/mol. The lowest BCUT2D eigenvalue weighted by Gasteiger charge is -2.22. The minimum absolute atomic E-state index is 0.734. The van der Waals surface area contributed by atoms with Crippen molar-refractivity contribution in [3.63, 3.8) is 0 Å². The van der Waals surface area contributed by atoms with E-state index in [0.29, 0.717) is 0 Å². The number of carboxylic acid groups (broad SMARTS) is 1. The van der Waals surface area contributed by atoms with E-state index in [0.717, 1.165) is 0 Å². The molecule has 0 aliphatic carbocycles. The summed E-state index contributed by atoms with van der Waals surface area (Å²) in [5.74, 6) is -10.5. The molecule has 0 aliphatic rings. The first-order valence-corrected chi connectivity index (χ1v) is 4.85. The number of carboxylic acids is 1. The molecule has 0 fully saturated rings. The van der Waals surface area contributed by atoms with Crippen molar-refractivity contribution in [2.24, 2.45) is 11.8 Å². The van der Waals surface area contributed by atoms with Gasteiger partial charge < -0.3 is 10.4 Å². The molecule has 0 aromatic rings. The molecule has 0 saturated heterocycles. The maximum Gasteiger partial charge on any atom is 0.455 e. The fraction of sp³-hybridized carbons (Fsp3) is 0.778. The second-order valence-corrected chi connectivity index (χ2v) is 3.98. The molecule has 9 heteroatoms. The molecule has 0 rings (SSSR count). The smallest absolute Gasteiger partial charge is 0.455 e. The fourth-order valence-electron chi connectivity index (χ4n) is 1.11. The number of carbonyl (C=O) groups excluding carboxylic acids is 1. The summed E-state index contributed by atoms with van der Waals surface area (Å²) in [7, 11) is 0. The summed E-state index contributed by atoms with van der Waals surface area (Å²) in [6.07, 6.45) is -5.79. The first-order valence-electron chi connectivity index (χ1n) is 4.85. The summed E-state index contributed by atoms with van der Waals surface area (Å²) in [5, 5.41) is 9.94. The van der Waals surface area contributed by atoms with Gasteiger partial charge in [0.15, 0.2) is 0 Å². The number of rotatable bonds is 5. The van der Waals surface area contributed by atoms with Crippen molar-refractivity contribution in [3.8, 4) is 0 Å². The van der Waals surface area contributed by atoms with Crippen molar-refractivity contribution >= 4 is 11.9 Å². The monoisotopic (exact) mass is 277 g/mol. The zero-order chi connectivity index (χ0) is 14.7. The third-order valence-corrected chi connectivity index (χ3v) is 2.11. The van der Waals surface area contributed by atoms with Crippen molar-refractivity contribution in [1.82, 2.24) is 5.32 Å². The van der Waals surface area contributed by atoms with Gasteiger partial charge in [-0.15, -0.1) is 0 Å². The van der Waals surface area contributed by atoms with Crippen LogP contribution in [0.25, 0.3) is 0 Å². The second-order valence-electron chi connectivity index (χ2n) is 3.98. The summed E-state index contributed by atoms with van der Waals surface area (Å²) in [5.41, 5.74) is 0. The highest BCUT2D eigenvalue weighted by molar-refractivity contribution is 5.97. The molecule has 0 spiro atoms.